The fourth-order valence-electron chi connectivity index (χ4n) is 4.87. The number of alkyl halides is 1. The standard InChI is InChI=1S/C27H24ClN3O2/c1-17-14-22-21-7-2-3-8-23(21)30-26(22)27(31(17)25(33)16-28)19-11-9-18(10-12-19)24(32)15-20-6-4-5-13-29-20/h2-13,17,27,30H,14-16H2,1H3/t17-,27-/m0/s1. The molecule has 1 aliphatic heterocycles. The van der Waals surface area contributed by atoms with Crippen LogP contribution in [-0.2, 0) is 17.6 Å². The van der Waals surface area contributed by atoms with Gasteiger partial charge in [0.05, 0.1) is 12.5 Å². The number of aromatic amines is 1. The lowest BCUT2D eigenvalue weighted by atomic mass is 9.88. The predicted molar refractivity (Wildman–Crippen MR) is 130 cm³/mol. The minimum Gasteiger partial charge on any atom is -0.356 e. The summed E-state index contributed by atoms with van der Waals surface area (Å²) in [6, 6.07) is 21.1. The second-order valence-electron chi connectivity index (χ2n) is 8.50. The monoisotopic (exact) mass is 457 g/mol. The zero-order chi connectivity index (χ0) is 22.9. The van der Waals surface area contributed by atoms with Crippen molar-refractivity contribution in [2.75, 3.05) is 5.88 Å². The van der Waals surface area contributed by atoms with Crippen LogP contribution in [0.3, 0.4) is 0 Å². The van der Waals surface area contributed by atoms with E-state index in [1.807, 2.05) is 59.5 Å². The van der Waals surface area contributed by atoms with Gasteiger partial charge in [-0.2, -0.15) is 0 Å². The Hall–Kier alpha value is -3.44. The Labute approximate surface area is 197 Å². The van der Waals surface area contributed by atoms with E-state index in [9.17, 15) is 9.59 Å². The van der Waals surface area contributed by atoms with Gasteiger partial charge in [-0.25, -0.2) is 0 Å². The SMILES string of the molecule is C[C@H]1Cc2c([nH]c3ccccc23)[C@H](c2ccc(C(=O)Cc3ccccn3)cc2)N1C(=O)CCl. The number of para-hydroxylation sites is 1. The fraction of sp³-hybridized carbons (Fsp3) is 0.222. The summed E-state index contributed by atoms with van der Waals surface area (Å²) in [5.74, 6) is -0.164. The van der Waals surface area contributed by atoms with Crippen LogP contribution in [0, 0.1) is 0 Å². The van der Waals surface area contributed by atoms with Gasteiger partial charge in [0.15, 0.2) is 5.78 Å². The quantitative estimate of drug-likeness (QED) is 0.335. The first kappa shape index (κ1) is 21.4. The molecule has 1 N–H and O–H groups in total. The number of hydrogen-bond acceptors (Lipinski definition) is 3. The maximum absolute atomic E-state index is 12.9. The normalized spacial score (nSPS) is 17.7. The summed E-state index contributed by atoms with van der Waals surface area (Å²) in [5, 5.41) is 1.18. The van der Waals surface area contributed by atoms with Crippen LogP contribution < -0.4 is 0 Å². The number of H-pyrrole nitrogens is 1. The van der Waals surface area contributed by atoms with E-state index < -0.39 is 0 Å². The Morgan fingerprint density at radius 3 is 2.55 bits per heavy atom. The number of carbonyl (C=O) groups excluding carboxylic acids is 2. The summed E-state index contributed by atoms with van der Waals surface area (Å²) in [5.41, 5.74) is 5.62. The lowest BCUT2D eigenvalue weighted by molar-refractivity contribution is -0.133. The molecule has 6 heteroatoms. The molecule has 0 spiro atoms. The number of nitrogens with one attached hydrogen (secondary N) is 1. The number of carbonyl (C=O) groups is 2. The lowest BCUT2D eigenvalue weighted by Crippen LogP contribution is -2.46. The minimum atomic E-state index is -0.289. The summed E-state index contributed by atoms with van der Waals surface area (Å²) in [4.78, 5) is 35.3. The van der Waals surface area contributed by atoms with Gasteiger partial charge >= 0.3 is 0 Å². The van der Waals surface area contributed by atoms with E-state index in [0.29, 0.717) is 5.56 Å². The number of Topliss-reactive ketones (excluding diaryl/α,β-unsaturated/α-hetero) is 1. The molecule has 0 radical (unpaired) electrons. The van der Waals surface area contributed by atoms with Crippen molar-refractivity contribution in [3.8, 4) is 0 Å². The highest BCUT2D eigenvalue weighted by molar-refractivity contribution is 6.27. The third-order valence-electron chi connectivity index (χ3n) is 6.39. The largest absolute Gasteiger partial charge is 0.356 e. The lowest BCUT2D eigenvalue weighted by Gasteiger charge is -2.40. The minimum absolute atomic E-state index is 0.00146. The van der Waals surface area contributed by atoms with E-state index in [4.69, 9.17) is 11.6 Å². The van der Waals surface area contributed by atoms with Crippen LogP contribution in [0.5, 0.6) is 0 Å². The molecule has 5 nitrogen and oxygen atoms in total. The predicted octanol–water partition coefficient (Wildman–Crippen LogP) is 5.09. The average Bonchev–Trinajstić information content (AvgIpc) is 3.21. The maximum Gasteiger partial charge on any atom is 0.238 e. The number of halogens is 1. The molecular weight excluding hydrogens is 434 g/mol. The molecule has 0 aliphatic carbocycles. The molecule has 1 aliphatic rings. The first-order chi connectivity index (χ1) is 16.1. The van der Waals surface area contributed by atoms with Gasteiger partial charge in [0, 0.05) is 40.1 Å². The van der Waals surface area contributed by atoms with Crippen LogP contribution in [0.2, 0.25) is 0 Å². The number of fused-ring (bicyclic) bond motifs is 3. The van der Waals surface area contributed by atoms with Gasteiger partial charge in [0.25, 0.3) is 0 Å². The van der Waals surface area contributed by atoms with Gasteiger partial charge in [-0.3, -0.25) is 14.6 Å². The van der Waals surface area contributed by atoms with Gasteiger partial charge in [-0.1, -0.05) is 48.5 Å². The molecule has 166 valence electrons. The third-order valence-corrected chi connectivity index (χ3v) is 6.62. The number of rotatable bonds is 5. The molecule has 2 aromatic carbocycles. The van der Waals surface area contributed by atoms with Gasteiger partial charge in [0.2, 0.25) is 5.91 Å². The molecule has 0 bridgehead atoms. The second kappa shape index (κ2) is 8.83. The molecule has 0 unspecified atom stereocenters. The Balaban J connectivity index is 1.53. The van der Waals surface area contributed by atoms with Crippen molar-refractivity contribution in [1.29, 1.82) is 0 Å². The molecule has 0 saturated heterocycles. The zero-order valence-corrected chi connectivity index (χ0v) is 19.0. The summed E-state index contributed by atoms with van der Waals surface area (Å²) >= 11 is 6.00. The molecule has 0 saturated carbocycles. The van der Waals surface area contributed by atoms with Crippen LogP contribution in [0.25, 0.3) is 10.9 Å². The topological polar surface area (TPSA) is 66.1 Å². The van der Waals surface area contributed by atoms with E-state index in [-0.39, 0.29) is 36.1 Å². The molecule has 4 aromatic rings. The van der Waals surface area contributed by atoms with Gasteiger partial charge in [-0.05, 0) is 42.7 Å². The number of nitrogens with zero attached hydrogens (tertiary/aromatic N) is 2. The Morgan fingerprint density at radius 1 is 1.06 bits per heavy atom. The summed E-state index contributed by atoms with van der Waals surface area (Å²) < 4.78 is 0. The molecule has 0 fully saturated rings. The van der Waals surface area contributed by atoms with Gasteiger partial charge in [-0.15, -0.1) is 11.6 Å². The molecule has 5 rings (SSSR count). The first-order valence-electron chi connectivity index (χ1n) is 11.1. The molecule has 33 heavy (non-hydrogen) atoms. The van der Waals surface area contributed by atoms with Crippen LogP contribution in [-0.4, -0.2) is 38.5 Å². The van der Waals surface area contributed by atoms with E-state index in [1.54, 1.807) is 6.20 Å². The van der Waals surface area contributed by atoms with Crippen LogP contribution in [0.1, 0.15) is 45.8 Å². The highest BCUT2D eigenvalue weighted by atomic mass is 35.5. The number of pyridine rings is 1. The number of ketones is 1. The van der Waals surface area contributed by atoms with E-state index in [0.717, 1.165) is 28.9 Å². The number of aromatic nitrogens is 2. The van der Waals surface area contributed by atoms with Crippen molar-refractivity contribution in [3.63, 3.8) is 0 Å². The summed E-state index contributed by atoms with van der Waals surface area (Å²) in [6.07, 6.45) is 2.71. The Morgan fingerprint density at radius 2 is 1.82 bits per heavy atom. The van der Waals surface area contributed by atoms with Crippen molar-refractivity contribution < 1.29 is 9.59 Å². The number of hydrogen-bond donors (Lipinski definition) is 1. The van der Waals surface area contributed by atoms with E-state index in [1.165, 1.54) is 10.9 Å². The number of benzene rings is 2. The van der Waals surface area contributed by atoms with Crippen molar-refractivity contribution in [2.45, 2.75) is 31.8 Å². The van der Waals surface area contributed by atoms with Crippen molar-refractivity contribution in [3.05, 3.63) is 101 Å². The maximum atomic E-state index is 12.9. The summed E-state index contributed by atoms with van der Waals surface area (Å²) in [7, 11) is 0. The van der Waals surface area contributed by atoms with Crippen LogP contribution in [0.4, 0.5) is 0 Å². The smallest absolute Gasteiger partial charge is 0.238 e. The van der Waals surface area contributed by atoms with Crippen molar-refractivity contribution >= 4 is 34.2 Å². The zero-order valence-electron chi connectivity index (χ0n) is 18.3. The van der Waals surface area contributed by atoms with Crippen LogP contribution in [0.15, 0.2) is 72.9 Å². The van der Waals surface area contributed by atoms with Gasteiger partial charge in [0.1, 0.15) is 5.88 Å². The summed E-state index contributed by atoms with van der Waals surface area (Å²) in [6.45, 7) is 2.06. The Bertz CT molecular complexity index is 1310. The second-order valence-corrected chi connectivity index (χ2v) is 8.76. The van der Waals surface area contributed by atoms with Gasteiger partial charge < -0.3 is 9.88 Å². The highest BCUT2D eigenvalue weighted by Gasteiger charge is 2.38. The molecule has 3 heterocycles. The third kappa shape index (κ3) is 3.93. The van der Waals surface area contributed by atoms with Crippen molar-refractivity contribution in [2.24, 2.45) is 0 Å². The first-order valence-corrected chi connectivity index (χ1v) is 11.6. The average molecular weight is 458 g/mol. The fourth-order valence-corrected chi connectivity index (χ4v) is 5.01. The molecule has 2 aromatic heterocycles. The number of amides is 1. The highest BCUT2D eigenvalue weighted by Crippen LogP contribution is 2.41. The Kier molecular flexibility index (Phi) is 5.73. The molecule has 2 atom stereocenters. The molecule has 1 amide bonds. The van der Waals surface area contributed by atoms with E-state index in [2.05, 4.69) is 29.0 Å². The van der Waals surface area contributed by atoms with Crippen molar-refractivity contribution in [1.82, 2.24) is 14.9 Å². The van der Waals surface area contributed by atoms with E-state index >= 15 is 0 Å². The molecular formula is C27H24ClN3O2. The van der Waals surface area contributed by atoms with Crippen LogP contribution >= 0.6 is 11.6 Å².